The van der Waals surface area contributed by atoms with E-state index < -0.39 is 11.1 Å². The zero-order chi connectivity index (χ0) is 9.14. The van der Waals surface area contributed by atoms with Gasteiger partial charge in [0.1, 0.15) is 0 Å². The number of nitrogens with one attached hydrogen (secondary N) is 1. The summed E-state index contributed by atoms with van der Waals surface area (Å²) in [6.07, 6.45) is 0. The van der Waals surface area contributed by atoms with Crippen molar-refractivity contribution in [3.8, 4) is 0 Å². The molecule has 0 aliphatic carbocycles. The third kappa shape index (κ3) is 2.32. The smallest absolute Gasteiger partial charge is 0.233 e. The van der Waals surface area contributed by atoms with E-state index >= 15 is 0 Å². The Morgan fingerprint density at radius 2 is 2.33 bits per heavy atom. The molecule has 6 nitrogen and oxygen atoms in total. The zero-order valence-electron chi connectivity index (χ0n) is 5.97. The van der Waals surface area contributed by atoms with Crippen LogP contribution in [0.3, 0.4) is 0 Å². The second-order valence-electron chi connectivity index (χ2n) is 1.80. The van der Waals surface area contributed by atoms with Crippen LogP contribution in [-0.4, -0.2) is 24.9 Å². The Morgan fingerprint density at radius 3 is 2.75 bits per heavy atom. The van der Waals surface area contributed by atoms with Crippen LogP contribution in [0, 0.1) is 0 Å². The first-order chi connectivity index (χ1) is 5.59. The highest BCUT2D eigenvalue weighted by molar-refractivity contribution is 7.81. The molecule has 1 rings (SSSR count). The largest absolute Gasteiger partial charge is 0.301 e. The number of nitrogens with zero attached hydrogens (tertiary/aromatic N) is 2. The molecule has 1 amide bonds. The van der Waals surface area contributed by atoms with Crippen molar-refractivity contribution in [3.05, 3.63) is 0 Å². The van der Waals surface area contributed by atoms with Crippen LogP contribution in [-0.2, 0) is 15.9 Å². The standard InChI is InChI=1S/C4H5N3O3S2/c1-2(8)5-3-6-7-4(11-3)12(9)10/h1H3,(H,9,10)(H,5,6,8). The SMILES string of the molecule is CC(=O)Nc1nnc(S(=O)O)s1. The number of carbonyl (C=O) groups is 1. The van der Waals surface area contributed by atoms with Gasteiger partial charge in [-0.05, 0) is 0 Å². The van der Waals surface area contributed by atoms with E-state index in [-0.39, 0.29) is 15.4 Å². The molecule has 1 aromatic rings. The maximum absolute atomic E-state index is 10.5. The van der Waals surface area contributed by atoms with E-state index in [2.05, 4.69) is 15.5 Å². The molecule has 2 N–H and O–H groups in total. The summed E-state index contributed by atoms with van der Waals surface area (Å²) in [7, 11) is 0. The van der Waals surface area contributed by atoms with E-state index in [0.717, 1.165) is 11.3 Å². The molecule has 0 aliphatic heterocycles. The summed E-state index contributed by atoms with van der Waals surface area (Å²) in [6, 6.07) is 0. The van der Waals surface area contributed by atoms with Crippen LogP contribution in [0.25, 0.3) is 0 Å². The number of anilines is 1. The Balaban J connectivity index is 2.77. The van der Waals surface area contributed by atoms with Gasteiger partial charge in [0.15, 0.2) is 0 Å². The minimum absolute atomic E-state index is 0.0289. The molecular weight excluding hydrogens is 202 g/mol. The van der Waals surface area contributed by atoms with E-state index in [9.17, 15) is 9.00 Å². The lowest BCUT2D eigenvalue weighted by atomic mass is 10.7. The maximum atomic E-state index is 10.5. The first kappa shape index (κ1) is 9.23. The molecule has 0 bridgehead atoms. The lowest BCUT2D eigenvalue weighted by Gasteiger charge is -1.89. The lowest BCUT2D eigenvalue weighted by Crippen LogP contribution is -2.04. The topological polar surface area (TPSA) is 92.2 Å². The average molecular weight is 207 g/mol. The normalized spacial score (nSPS) is 12.5. The van der Waals surface area contributed by atoms with Gasteiger partial charge in [-0.2, -0.15) is 0 Å². The van der Waals surface area contributed by atoms with E-state index in [1.165, 1.54) is 6.92 Å². The van der Waals surface area contributed by atoms with Crippen LogP contribution < -0.4 is 5.32 Å². The highest BCUT2D eigenvalue weighted by Crippen LogP contribution is 2.16. The van der Waals surface area contributed by atoms with Crippen LogP contribution in [0.5, 0.6) is 0 Å². The Kier molecular flexibility index (Phi) is 2.84. The molecule has 0 saturated carbocycles. The van der Waals surface area contributed by atoms with Crippen LogP contribution in [0.4, 0.5) is 5.13 Å². The fraction of sp³-hybridized carbons (Fsp3) is 0.250. The molecule has 0 radical (unpaired) electrons. The van der Waals surface area contributed by atoms with Gasteiger partial charge in [0.25, 0.3) is 0 Å². The molecular formula is C4H5N3O3S2. The quantitative estimate of drug-likeness (QED) is 0.529. The van der Waals surface area contributed by atoms with Crippen LogP contribution in [0.15, 0.2) is 4.34 Å². The summed E-state index contributed by atoms with van der Waals surface area (Å²) in [5.74, 6) is -0.290. The third-order valence-corrected chi connectivity index (χ3v) is 2.53. The van der Waals surface area contributed by atoms with Crippen molar-refractivity contribution in [2.24, 2.45) is 0 Å². The minimum Gasteiger partial charge on any atom is -0.301 e. The minimum atomic E-state index is -2.13. The third-order valence-electron chi connectivity index (χ3n) is 0.839. The van der Waals surface area contributed by atoms with E-state index in [0.29, 0.717) is 0 Å². The molecule has 8 heteroatoms. The molecule has 1 heterocycles. The molecule has 12 heavy (non-hydrogen) atoms. The van der Waals surface area contributed by atoms with Gasteiger partial charge in [-0.3, -0.25) is 4.79 Å². The van der Waals surface area contributed by atoms with Crippen molar-refractivity contribution in [2.45, 2.75) is 11.3 Å². The predicted octanol–water partition coefficient (Wildman–Crippen LogP) is 0.0771. The summed E-state index contributed by atoms with van der Waals surface area (Å²) in [4.78, 5) is 10.5. The van der Waals surface area contributed by atoms with Crippen molar-refractivity contribution < 1.29 is 13.6 Å². The van der Waals surface area contributed by atoms with Crippen molar-refractivity contribution in [2.75, 3.05) is 5.32 Å². The molecule has 0 fully saturated rings. The molecule has 66 valence electrons. The summed E-state index contributed by atoms with van der Waals surface area (Å²) in [6.45, 7) is 1.32. The van der Waals surface area contributed by atoms with Gasteiger partial charge in [0.05, 0.1) is 0 Å². The Bertz CT molecular complexity index is 323. The van der Waals surface area contributed by atoms with Crippen LogP contribution in [0.2, 0.25) is 0 Å². The number of amides is 1. The molecule has 1 atom stereocenters. The van der Waals surface area contributed by atoms with Crippen molar-refractivity contribution in [1.29, 1.82) is 0 Å². The van der Waals surface area contributed by atoms with Gasteiger partial charge in [0, 0.05) is 6.92 Å². The summed E-state index contributed by atoms with van der Waals surface area (Å²) < 4.78 is 18.9. The number of rotatable bonds is 2. The first-order valence-electron chi connectivity index (χ1n) is 2.81. The first-order valence-corrected chi connectivity index (χ1v) is 4.74. The Morgan fingerprint density at radius 1 is 1.67 bits per heavy atom. The van der Waals surface area contributed by atoms with Crippen molar-refractivity contribution >= 4 is 33.5 Å². The van der Waals surface area contributed by atoms with E-state index in [1.54, 1.807) is 0 Å². The molecule has 0 saturated heterocycles. The van der Waals surface area contributed by atoms with Gasteiger partial charge in [0.2, 0.25) is 26.5 Å². The summed E-state index contributed by atoms with van der Waals surface area (Å²) in [5.41, 5.74) is 0. The zero-order valence-corrected chi connectivity index (χ0v) is 7.61. The highest BCUT2D eigenvalue weighted by Gasteiger charge is 2.08. The van der Waals surface area contributed by atoms with Crippen LogP contribution >= 0.6 is 11.3 Å². The Labute approximate surface area is 74.3 Å². The van der Waals surface area contributed by atoms with Gasteiger partial charge in [-0.1, -0.05) is 11.3 Å². The van der Waals surface area contributed by atoms with Crippen molar-refractivity contribution in [3.63, 3.8) is 0 Å². The van der Waals surface area contributed by atoms with E-state index in [4.69, 9.17) is 4.55 Å². The van der Waals surface area contributed by atoms with Gasteiger partial charge < -0.3 is 9.87 Å². The van der Waals surface area contributed by atoms with Crippen molar-refractivity contribution in [1.82, 2.24) is 10.2 Å². The van der Waals surface area contributed by atoms with E-state index in [1.807, 2.05) is 0 Å². The van der Waals surface area contributed by atoms with Gasteiger partial charge in [-0.25, -0.2) is 4.21 Å². The monoisotopic (exact) mass is 207 g/mol. The summed E-state index contributed by atoms with van der Waals surface area (Å²) in [5, 5.41) is 9.40. The number of aromatic nitrogens is 2. The highest BCUT2D eigenvalue weighted by atomic mass is 32.2. The molecule has 1 aromatic heterocycles. The lowest BCUT2D eigenvalue weighted by molar-refractivity contribution is -0.114. The second kappa shape index (κ2) is 3.70. The van der Waals surface area contributed by atoms with Crippen LogP contribution in [0.1, 0.15) is 6.92 Å². The predicted molar refractivity (Wildman–Crippen MR) is 43.2 cm³/mol. The average Bonchev–Trinajstić information content (AvgIpc) is 2.34. The molecule has 0 spiro atoms. The fourth-order valence-corrected chi connectivity index (χ4v) is 1.64. The fourth-order valence-electron chi connectivity index (χ4n) is 0.481. The van der Waals surface area contributed by atoms with Gasteiger partial charge >= 0.3 is 0 Å². The molecule has 0 aliphatic rings. The molecule has 1 unspecified atom stereocenters. The summed E-state index contributed by atoms with van der Waals surface area (Å²) >= 11 is -1.26. The number of carbonyl (C=O) groups excluding carboxylic acids is 1. The Hall–Kier alpha value is -0.860. The number of hydrogen-bond donors (Lipinski definition) is 2. The number of hydrogen-bond acceptors (Lipinski definition) is 5. The van der Waals surface area contributed by atoms with Gasteiger partial charge in [-0.15, -0.1) is 10.2 Å². The molecule has 0 aromatic carbocycles. The maximum Gasteiger partial charge on any atom is 0.233 e. The second-order valence-corrected chi connectivity index (χ2v) is 3.92.